The molecule has 14 nitrogen and oxygen atoms in total. The standard InChI is InChI=1S/C35H58N6O8/c1-6-17-36-33(47)29(23(5)42)39-31(45)26-16-12-19-40(26)34(48)22(4)37-30(44)25-15-10-11-18-41(25)35(49)28(21(2)3)38-32(46)27(43)20-24-13-8-7-9-14-24/h4,21-29,42-43H,6-20H2,1-3,5H3,(H,36,47)(H,37,44)(H,38,46)(H,39,45)/t22-,23?,25-,26-,27-,28-,29-/m0/s1. The van der Waals surface area contributed by atoms with Crippen molar-refractivity contribution in [1.82, 2.24) is 31.1 Å². The Kier molecular flexibility index (Phi) is 15.8. The van der Waals surface area contributed by atoms with E-state index < -0.39 is 77.9 Å². The molecule has 6 amide bonds. The smallest absolute Gasteiger partial charge is 0.249 e. The molecule has 1 saturated carbocycles. The van der Waals surface area contributed by atoms with E-state index in [0.717, 1.165) is 32.1 Å². The highest BCUT2D eigenvalue weighted by atomic mass is 16.3. The van der Waals surface area contributed by atoms with Crippen LogP contribution in [0, 0.1) is 18.8 Å². The molecule has 2 aliphatic heterocycles. The predicted molar refractivity (Wildman–Crippen MR) is 181 cm³/mol. The topological polar surface area (TPSA) is 197 Å². The average molecular weight is 691 g/mol. The van der Waals surface area contributed by atoms with Crippen LogP contribution in [0.1, 0.15) is 105 Å². The Balaban J connectivity index is 1.63. The fraction of sp³-hybridized carbons (Fsp3) is 0.800. The molecular formula is C35H58N6O8. The molecule has 2 saturated heterocycles. The van der Waals surface area contributed by atoms with Crippen molar-refractivity contribution in [2.75, 3.05) is 19.6 Å². The number of nitrogens with one attached hydrogen (secondary N) is 4. The van der Waals surface area contributed by atoms with Gasteiger partial charge in [-0.15, -0.1) is 0 Å². The van der Waals surface area contributed by atoms with E-state index >= 15 is 0 Å². The van der Waals surface area contributed by atoms with Crippen molar-refractivity contribution >= 4 is 35.4 Å². The van der Waals surface area contributed by atoms with Crippen LogP contribution in [0.3, 0.4) is 0 Å². The van der Waals surface area contributed by atoms with Gasteiger partial charge in [-0.1, -0.05) is 52.9 Å². The molecule has 0 aromatic heterocycles. The van der Waals surface area contributed by atoms with Crippen molar-refractivity contribution in [3.63, 3.8) is 0 Å². The van der Waals surface area contributed by atoms with Crippen LogP contribution in [0.4, 0.5) is 0 Å². The van der Waals surface area contributed by atoms with Gasteiger partial charge in [0.1, 0.15) is 36.3 Å². The van der Waals surface area contributed by atoms with Crippen molar-refractivity contribution in [2.24, 2.45) is 11.8 Å². The first-order valence-corrected chi connectivity index (χ1v) is 18.2. The van der Waals surface area contributed by atoms with Gasteiger partial charge >= 0.3 is 0 Å². The Morgan fingerprint density at radius 1 is 0.714 bits per heavy atom. The van der Waals surface area contributed by atoms with Gasteiger partial charge in [0.15, 0.2) is 0 Å². The largest absolute Gasteiger partial charge is 0.391 e. The highest BCUT2D eigenvalue weighted by molar-refractivity contribution is 5.97. The number of rotatable bonds is 15. The molecule has 2 radical (unpaired) electrons. The summed E-state index contributed by atoms with van der Waals surface area (Å²) in [6, 6.07) is -5.56. The summed E-state index contributed by atoms with van der Waals surface area (Å²) >= 11 is 0. The second-order valence-corrected chi connectivity index (χ2v) is 14.2. The Morgan fingerprint density at radius 2 is 1.29 bits per heavy atom. The summed E-state index contributed by atoms with van der Waals surface area (Å²) in [5, 5.41) is 31.2. The van der Waals surface area contributed by atoms with Crippen molar-refractivity contribution in [3.8, 4) is 0 Å². The number of hydrogen-bond donors (Lipinski definition) is 6. The highest BCUT2D eigenvalue weighted by Crippen LogP contribution is 2.28. The molecule has 3 rings (SSSR count). The maximum absolute atomic E-state index is 13.8. The number of hydrogen-bond acceptors (Lipinski definition) is 8. The summed E-state index contributed by atoms with van der Waals surface area (Å²) in [4.78, 5) is 82.2. The van der Waals surface area contributed by atoms with Crippen molar-refractivity contribution in [2.45, 2.75) is 147 Å². The zero-order valence-electron chi connectivity index (χ0n) is 29.6. The fourth-order valence-electron chi connectivity index (χ4n) is 7.06. The zero-order valence-corrected chi connectivity index (χ0v) is 29.6. The Labute approximate surface area is 290 Å². The minimum Gasteiger partial charge on any atom is -0.391 e. The van der Waals surface area contributed by atoms with Gasteiger partial charge in [0.2, 0.25) is 35.4 Å². The van der Waals surface area contributed by atoms with E-state index in [2.05, 4.69) is 21.3 Å². The summed E-state index contributed by atoms with van der Waals surface area (Å²) in [5.41, 5.74) is 0. The van der Waals surface area contributed by atoms with Crippen molar-refractivity contribution in [3.05, 3.63) is 6.92 Å². The van der Waals surface area contributed by atoms with Gasteiger partial charge in [-0.05, 0) is 70.6 Å². The lowest BCUT2D eigenvalue weighted by Gasteiger charge is -2.38. The van der Waals surface area contributed by atoms with Gasteiger partial charge in [0.05, 0.1) is 6.10 Å². The molecule has 14 heteroatoms. The summed E-state index contributed by atoms with van der Waals surface area (Å²) in [6.07, 6.45) is 6.33. The number of likely N-dealkylation sites (tertiary alicyclic amines) is 2. The number of carbonyl (C=O) groups excluding carboxylic acids is 6. The van der Waals surface area contributed by atoms with Gasteiger partial charge in [-0.25, -0.2) is 0 Å². The fourth-order valence-corrected chi connectivity index (χ4v) is 7.06. The lowest BCUT2D eigenvalue weighted by molar-refractivity contribution is -0.148. The molecular weight excluding hydrogens is 632 g/mol. The Morgan fingerprint density at radius 3 is 1.90 bits per heavy atom. The first-order valence-electron chi connectivity index (χ1n) is 18.2. The summed E-state index contributed by atoms with van der Waals surface area (Å²) < 4.78 is 0. The van der Waals surface area contributed by atoms with E-state index in [0.29, 0.717) is 51.5 Å². The lowest BCUT2D eigenvalue weighted by Crippen LogP contribution is -2.61. The van der Waals surface area contributed by atoms with E-state index in [4.69, 9.17) is 6.92 Å². The molecule has 3 aliphatic rings. The van der Waals surface area contributed by atoms with Crippen molar-refractivity contribution < 1.29 is 39.0 Å². The predicted octanol–water partition coefficient (Wildman–Crippen LogP) is 0.418. The molecule has 276 valence electrons. The first kappa shape index (κ1) is 40.2. The van der Waals surface area contributed by atoms with Crippen LogP contribution >= 0.6 is 0 Å². The van der Waals surface area contributed by atoms with Crippen LogP contribution in [-0.2, 0) is 28.8 Å². The number of aliphatic hydroxyl groups excluding tert-OH is 2. The maximum atomic E-state index is 13.8. The van der Waals surface area contributed by atoms with E-state index in [1.165, 1.54) is 16.7 Å². The van der Waals surface area contributed by atoms with Crippen LogP contribution in [-0.4, -0.2) is 118 Å². The van der Waals surface area contributed by atoms with E-state index in [-0.39, 0.29) is 24.9 Å². The number of carbonyl (C=O) groups is 6. The highest BCUT2D eigenvalue weighted by Gasteiger charge is 2.41. The molecule has 3 fully saturated rings. The monoisotopic (exact) mass is 690 g/mol. The molecule has 49 heavy (non-hydrogen) atoms. The van der Waals surface area contributed by atoms with Gasteiger partial charge in [0, 0.05) is 19.6 Å². The van der Waals surface area contributed by atoms with E-state index in [1.54, 1.807) is 13.8 Å². The van der Waals surface area contributed by atoms with Crippen LogP contribution in [0.5, 0.6) is 0 Å². The molecule has 0 bridgehead atoms. The number of piperidine rings is 1. The maximum Gasteiger partial charge on any atom is 0.249 e. The molecule has 0 aromatic rings. The SMILES string of the molecule is [CH][C@H](NC(=O)[C@@H]1CCCCN1C(=O)[C@@H](NC(=O)[C@@H](O)CC1CCCCC1)C(C)C)C(=O)N1CCC[C@H]1C(=O)N[C@H](C(=O)NCCC)C(C)O. The second kappa shape index (κ2) is 19.2. The van der Waals surface area contributed by atoms with E-state index in [9.17, 15) is 39.0 Å². The number of amides is 6. The summed E-state index contributed by atoms with van der Waals surface area (Å²) in [5.74, 6) is -3.56. The molecule has 2 heterocycles. The molecule has 1 aliphatic carbocycles. The molecule has 0 spiro atoms. The van der Waals surface area contributed by atoms with Gasteiger partial charge in [0.25, 0.3) is 0 Å². The molecule has 1 unspecified atom stereocenters. The lowest BCUT2D eigenvalue weighted by atomic mass is 9.85. The average Bonchev–Trinajstić information content (AvgIpc) is 3.58. The zero-order chi connectivity index (χ0) is 36.2. The minimum atomic E-state index is -1.50. The molecule has 0 aromatic carbocycles. The molecule has 7 atom stereocenters. The first-order chi connectivity index (χ1) is 23.3. The van der Waals surface area contributed by atoms with Crippen LogP contribution in [0.25, 0.3) is 0 Å². The third-order valence-electron chi connectivity index (χ3n) is 9.92. The third kappa shape index (κ3) is 11.1. The summed E-state index contributed by atoms with van der Waals surface area (Å²) in [6.45, 7) is 13.9. The van der Waals surface area contributed by atoms with Crippen LogP contribution in [0.15, 0.2) is 0 Å². The Hall–Kier alpha value is -3.26. The van der Waals surface area contributed by atoms with Crippen LogP contribution in [0.2, 0.25) is 0 Å². The number of nitrogens with zero attached hydrogens (tertiary/aromatic N) is 2. The quantitative estimate of drug-likeness (QED) is 0.142. The van der Waals surface area contributed by atoms with Gasteiger partial charge in [-0.3, -0.25) is 28.8 Å². The number of aliphatic hydroxyl groups is 2. The normalized spacial score (nSPS) is 23.2. The van der Waals surface area contributed by atoms with Gasteiger partial charge < -0.3 is 41.3 Å². The minimum absolute atomic E-state index is 0.207. The van der Waals surface area contributed by atoms with Crippen LogP contribution < -0.4 is 21.3 Å². The third-order valence-corrected chi connectivity index (χ3v) is 9.92. The van der Waals surface area contributed by atoms with E-state index in [1.807, 2.05) is 6.92 Å². The molecule has 6 N–H and O–H groups in total. The summed E-state index contributed by atoms with van der Waals surface area (Å²) in [7, 11) is 0. The second-order valence-electron chi connectivity index (χ2n) is 14.2. The van der Waals surface area contributed by atoms with Crippen molar-refractivity contribution in [1.29, 1.82) is 0 Å². The Bertz CT molecular complexity index is 1160. The van der Waals surface area contributed by atoms with Gasteiger partial charge in [-0.2, -0.15) is 0 Å².